The van der Waals surface area contributed by atoms with Gasteiger partial charge in [-0.05, 0) is 30.3 Å². The zero-order valence-corrected chi connectivity index (χ0v) is 13.5. The summed E-state index contributed by atoms with van der Waals surface area (Å²) in [6, 6.07) is 7.26. The fourth-order valence-corrected chi connectivity index (χ4v) is 2.63. The number of pyridine rings is 1. The molecular formula is C17H15F3N2O3. The van der Waals surface area contributed by atoms with Crippen LogP contribution in [0.2, 0.25) is 0 Å². The van der Waals surface area contributed by atoms with Gasteiger partial charge in [0.05, 0.1) is 37.8 Å². The zero-order chi connectivity index (χ0) is 18.2. The van der Waals surface area contributed by atoms with Crippen molar-refractivity contribution < 1.29 is 27.8 Å². The van der Waals surface area contributed by atoms with Gasteiger partial charge in [-0.15, -0.1) is 0 Å². The second-order valence-corrected chi connectivity index (χ2v) is 5.28. The lowest BCUT2D eigenvalue weighted by Gasteiger charge is -2.10. The number of nitrogens with zero attached hydrogens (tertiary/aromatic N) is 2. The van der Waals surface area contributed by atoms with Crippen molar-refractivity contribution in [1.82, 2.24) is 9.38 Å². The highest BCUT2D eigenvalue weighted by Gasteiger charge is 2.31. The number of rotatable bonds is 4. The van der Waals surface area contributed by atoms with Gasteiger partial charge < -0.3 is 19.0 Å². The lowest BCUT2D eigenvalue weighted by Crippen LogP contribution is -2.07. The Morgan fingerprint density at radius 3 is 2.40 bits per heavy atom. The average molecular weight is 352 g/mol. The molecule has 1 aromatic carbocycles. The molecule has 0 atom stereocenters. The molecule has 8 heteroatoms. The highest BCUT2D eigenvalue weighted by Crippen LogP contribution is 2.35. The van der Waals surface area contributed by atoms with Crippen LogP contribution in [0.3, 0.4) is 0 Å². The Bertz CT molecular complexity index is 919. The van der Waals surface area contributed by atoms with Gasteiger partial charge in [0, 0.05) is 11.8 Å². The first-order valence-corrected chi connectivity index (χ1v) is 7.30. The molecule has 0 unspecified atom stereocenters. The van der Waals surface area contributed by atoms with E-state index in [4.69, 9.17) is 9.47 Å². The van der Waals surface area contributed by atoms with Gasteiger partial charge >= 0.3 is 6.18 Å². The normalized spacial score (nSPS) is 11.8. The van der Waals surface area contributed by atoms with Gasteiger partial charge in [0.2, 0.25) is 0 Å². The minimum absolute atomic E-state index is 0.258. The molecule has 25 heavy (non-hydrogen) atoms. The van der Waals surface area contributed by atoms with Gasteiger partial charge in [-0.25, -0.2) is 4.98 Å². The van der Waals surface area contributed by atoms with E-state index in [1.807, 2.05) is 0 Å². The van der Waals surface area contributed by atoms with Gasteiger partial charge in [0.25, 0.3) is 0 Å². The van der Waals surface area contributed by atoms with E-state index in [1.165, 1.54) is 24.7 Å². The summed E-state index contributed by atoms with van der Waals surface area (Å²) in [5.74, 6) is 0.969. The molecular weight excluding hydrogens is 337 g/mol. The molecule has 0 radical (unpaired) electrons. The van der Waals surface area contributed by atoms with E-state index in [9.17, 15) is 18.3 Å². The number of alkyl halides is 3. The summed E-state index contributed by atoms with van der Waals surface area (Å²) in [4.78, 5) is 4.35. The molecule has 5 nitrogen and oxygen atoms in total. The maximum atomic E-state index is 12.9. The molecule has 0 aliphatic rings. The molecule has 2 aromatic heterocycles. The summed E-state index contributed by atoms with van der Waals surface area (Å²) < 4.78 is 50.5. The van der Waals surface area contributed by atoms with Crippen LogP contribution in [0.25, 0.3) is 16.9 Å². The number of hydrogen-bond acceptors (Lipinski definition) is 4. The smallest absolute Gasteiger partial charge is 0.417 e. The molecule has 1 N–H and O–H groups in total. The summed E-state index contributed by atoms with van der Waals surface area (Å²) in [5.41, 5.74) is 0.725. The largest absolute Gasteiger partial charge is 0.493 e. The van der Waals surface area contributed by atoms with Gasteiger partial charge in [0.15, 0.2) is 11.5 Å². The minimum Gasteiger partial charge on any atom is -0.493 e. The maximum absolute atomic E-state index is 12.9. The number of halogens is 3. The molecule has 132 valence electrons. The summed E-state index contributed by atoms with van der Waals surface area (Å²) >= 11 is 0. The van der Waals surface area contributed by atoms with Crippen molar-refractivity contribution in [2.45, 2.75) is 12.8 Å². The lowest BCUT2D eigenvalue weighted by molar-refractivity contribution is -0.137. The van der Waals surface area contributed by atoms with E-state index in [2.05, 4.69) is 4.98 Å². The average Bonchev–Trinajstić information content (AvgIpc) is 2.98. The Hall–Kier alpha value is -2.74. The summed E-state index contributed by atoms with van der Waals surface area (Å²) in [6.07, 6.45) is -3.55. The molecule has 0 bridgehead atoms. The van der Waals surface area contributed by atoms with Crippen molar-refractivity contribution in [3.05, 3.63) is 47.8 Å². The monoisotopic (exact) mass is 352 g/mol. The topological polar surface area (TPSA) is 56.0 Å². The predicted molar refractivity (Wildman–Crippen MR) is 84.7 cm³/mol. The number of imidazole rings is 1. The van der Waals surface area contributed by atoms with Crippen molar-refractivity contribution >= 4 is 5.65 Å². The Kier molecular flexibility index (Phi) is 4.30. The Labute approximate surface area is 141 Å². The molecule has 0 aliphatic heterocycles. The van der Waals surface area contributed by atoms with Crippen LogP contribution in [0.15, 0.2) is 36.5 Å². The van der Waals surface area contributed by atoms with Crippen LogP contribution in [0, 0.1) is 0 Å². The molecule has 0 saturated heterocycles. The zero-order valence-electron chi connectivity index (χ0n) is 13.5. The lowest BCUT2D eigenvalue weighted by atomic mass is 10.1. The third-order valence-electron chi connectivity index (χ3n) is 3.85. The number of aliphatic hydroxyl groups is 1. The highest BCUT2D eigenvalue weighted by atomic mass is 19.4. The second kappa shape index (κ2) is 6.29. The van der Waals surface area contributed by atoms with Crippen LogP contribution in [-0.4, -0.2) is 28.7 Å². The number of benzene rings is 1. The van der Waals surface area contributed by atoms with E-state index in [-0.39, 0.29) is 5.69 Å². The maximum Gasteiger partial charge on any atom is 0.417 e. The summed E-state index contributed by atoms with van der Waals surface area (Å²) in [7, 11) is 2.98. The highest BCUT2D eigenvalue weighted by molar-refractivity contribution is 5.69. The number of fused-ring (bicyclic) bond motifs is 1. The van der Waals surface area contributed by atoms with Crippen LogP contribution in [0.4, 0.5) is 13.2 Å². The first-order valence-electron chi connectivity index (χ1n) is 7.30. The van der Waals surface area contributed by atoms with Crippen molar-refractivity contribution in [2.24, 2.45) is 0 Å². The molecule has 0 fully saturated rings. The summed E-state index contributed by atoms with van der Waals surface area (Å²) in [5, 5.41) is 9.69. The SMILES string of the molecule is COc1ccc(-c2nc3ccc(C(F)(F)F)cn3c2CO)cc1OC. The minimum atomic E-state index is -4.48. The molecule has 0 spiro atoms. The number of methoxy groups -OCH3 is 2. The van der Waals surface area contributed by atoms with E-state index in [0.29, 0.717) is 28.4 Å². The number of hydrogen-bond donors (Lipinski definition) is 1. The van der Waals surface area contributed by atoms with E-state index < -0.39 is 18.3 Å². The van der Waals surface area contributed by atoms with Gasteiger partial charge in [-0.1, -0.05) is 0 Å². The fourth-order valence-electron chi connectivity index (χ4n) is 2.63. The third kappa shape index (κ3) is 3.00. The number of aliphatic hydroxyl groups excluding tert-OH is 1. The first-order chi connectivity index (χ1) is 11.9. The molecule has 2 heterocycles. The first kappa shape index (κ1) is 17.1. The van der Waals surface area contributed by atoms with Gasteiger partial charge in [-0.3, -0.25) is 0 Å². The quantitative estimate of drug-likeness (QED) is 0.780. The van der Waals surface area contributed by atoms with Crippen LogP contribution in [0.1, 0.15) is 11.3 Å². The Morgan fingerprint density at radius 2 is 1.80 bits per heavy atom. The number of aromatic nitrogens is 2. The summed E-state index contributed by atoms with van der Waals surface area (Å²) in [6.45, 7) is -0.466. The molecule has 3 rings (SSSR count). The van der Waals surface area contributed by atoms with Crippen LogP contribution in [0.5, 0.6) is 11.5 Å². The van der Waals surface area contributed by atoms with Crippen LogP contribution in [-0.2, 0) is 12.8 Å². The molecule has 0 saturated carbocycles. The van der Waals surface area contributed by atoms with Crippen molar-refractivity contribution in [2.75, 3.05) is 14.2 Å². The van der Waals surface area contributed by atoms with Gasteiger partial charge in [-0.2, -0.15) is 13.2 Å². The Morgan fingerprint density at radius 1 is 1.08 bits per heavy atom. The van der Waals surface area contributed by atoms with Crippen molar-refractivity contribution in [3.8, 4) is 22.8 Å². The molecule has 3 aromatic rings. The fraction of sp³-hybridized carbons (Fsp3) is 0.235. The second-order valence-electron chi connectivity index (χ2n) is 5.28. The van der Waals surface area contributed by atoms with E-state index in [0.717, 1.165) is 12.3 Å². The number of ether oxygens (including phenoxy) is 2. The van der Waals surface area contributed by atoms with Crippen LogP contribution >= 0.6 is 0 Å². The van der Waals surface area contributed by atoms with Crippen molar-refractivity contribution in [3.63, 3.8) is 0 Å². The third-order valence-corrected chi connectivity index (χ3v) is 3.85. The van der Waals surface area contributed by atoms with E-state index in [1.54, 1.807) is 18.2 Å². The van der Waals surface area contributed by atoms with E-state index >= 15 is 0 Å². The standard InChI is InChI=1S/C17H15F3N2O3/c1-24-13-5-3-10(7-14(13)25-2)16-12(9-23)22-8-11(17(18,19)20)4-6-15(22)21-16/h3-8,23H,9H2,1-2H3. The van der Waals surface area contributed by atoms with Gasteiger partial charge in [0.1, 0.15) is 5.65 Å². The van der Waals surface area contributed by atoms with Crippen molar-refractivity contribution in [1.29, 1.82) is 0 Å². The molecule has 0 aliphatic carbocycles. The Balaban J connectivity index is 2.20. The molecule has 0 amide bonds. The van der Waals surface area contributed by atoms with Crippen LogP contribution < -0.4 is 9.47 Å². The predicted octanol–water partition coefficient (Wildman–Crippen LogP) is 3.53.